The number of carbonyl (C=O) groups excluding carboxylic acids is 1. The van der Waals surface area contributed by atoms with Crippen molar-refractivity contribution in [2.75, 3.05) is 32.2 Å². The second kappa shape index (κ2) is 14.1. The number of dihydropyridines is 1. The molecule has 3 aliphatic heterocycles. The van der Waals surface area contributed by atoms with Crippen LogP contribution in [0.1, 0.15) is 46.1 Å². The van der Waals surface area contributed by atoms with E-state index >= 15 is 4.39 Å². The van der Waals surface area contributed by atoms with Gasteiger partial charge in [-0.15, -0.1) is 0 Å². The quantitative estimate of drug-likeness (QED) is 0.203. The second-order valence-corrected chi connectivity index (χ2v) is 12.7. The lowest BCUT2D eigenvalue weighted by molar-refractivity contribution is 0.0611. The third kappa shape index (κ3) is 7.28. The number of allylic oxidation sites excluding steroid dienone is 2. The Morgan fingerprint density at radius 1 is 1.17 bits per heavy atom. The first-order valence-corrected chi connectivity index (χ1v) is 16.1. The predicted molar refractivity (Wildman–Crippen MR) is 181 cm³/mol. The highest BCUT2D eigenvalue weighted by molar-refractivity contribution is 9.11. The van der Waals surface area contributed by atoms with Crippen molar-refractivity contribution in [1.29, 1.82) is 0 Å². The Morgan fingerprint density at radius 3 is 2.70 bits per heavy atom. The summed E-state index contributed by atoms with van der Waals surface area (Å²) in [5, 5.41) is 22.2. The molecule has 2 unspecified atom stereocenters. The van der Waals surface area contributed by atoms with Crippen LogP contribution in [-0.4, -0.2) is 48.6 Å². The Kier molecular flexibility index (Phi) is 9.78. The summed E-state index contributed by atoms with van der Waals surface area (Å²) in [6, 6.07) is 9.22. The third-order valence-electron chi connectivity index (χ3n) is 8.47. The molecular formula is C34H36BrFN6O5. The van der Waals surface area contributed by atoms with E-state index in [0.29, 0.717) is 54.7 Å². The van der Waals surface area contributed by atoms with E-state index in [0.717, 1.165) is 22.9 Å². The summed E-state index contributed by atoms with van der Waals surface area (Å²) >= 11 is 3.44. The standard InChI is InChI=1S/C34H36BrFN6O5/c1-46-30-11-20(2-5-29(30)43)21-10-25(32(37)38-13-21)24-4-3-23(12-28(24)36)41-34(45)27-18-42(16-19-6-8-47-9-7-19)17-26(31(27)44)33-39-14-22(35)15-40-33/h2-5,10-14,17-19,32-33,38-40,43H,6-9,15-16,37H2,1H3,(H,41,45). The van der Waals surface area contributed by atoms with E-state index in [1.54, 1.807) is 55.1 Å². The van der Waals surface area contributed by atoms with E-state index < -0.39 is 29.5 Å². The fourth-order valence-corrected chi connectivity index (χ4v) is 6.19. The topological polar surface area (TPSA) is 152 Å². The summed E-state index contributed by atoms with van der Waals surface area (Å²) in [5.41, 5.74) is 8.59. The normalized spacial score (nSPS) is 19.9. The van der Waals surface area contributed by atoms with Gasteiger partial charge in [-0.25, -0.2) is 4.39 Å². The maximum atomic E-state index is 15.7. The fourth-order valence-electron chi connectivity index (χ4n) is 5.90. The van der Waals surface area contributed by atoms with Crippen LogP contribution in [0.25, 0.3) is 11.1 Å². The molecule has 0 radical (unpaired) electrons. The zero-order valence-electron chi connectivity index (χ0n) is 25.7. The number of hydrogen-bond acceptors (Lipinski definition) is 9. The molecule has 3 aliphatic rings. The highest BCUT2D eigenvalue weighted by atomic mass is 79.9. The molecule has 2 atom stereocenters. The molecule has 0 saturated carbocycles. The molecule has 6 rings (SSSR count). The second-order valence-electron chi connectivity index (χ2n) is 11.7. The van der Waals surface area contributed by atoms with Gasteiger partial charge in [-0.05, 0) is 71.9 Å². The van der Waals surface area contributed by atoms with Crippen molar-refractivity contribution >= 4 is 38.7 Å². The lowest BCUT2D eigenvalue weighted by atomic mass is 9.94. The molecule has 13 heteroatoms. The fraction of sp³-hybridized carbons (Fsp3) is 0.294. The number of aromatic nitrogens is 1. The molecule has 0 aliphatic carbocycles. The highest BCUT2D eigenvalue weighted by Crippen LogP contribution is 2.34. The van der Waals surface area contributed by atoms with Gasteiger partial charge in [0.15, 0.2) is 11.5 Å². The van der Waals surface area contributed by atoms with Crippen LogP contribution in [0.5, 0.6) is 11.5 Å². The minimum Gasteiger partial charge on any atom is -0.504 e. The number of amides is 1. The summed E-state index contributed by atoms with van der Waals surface area (Å²) in [4.78, 5) is 27.2. The number of halogens is 2. The molecule has 2 aromatic carbocycles. The van der Waals surface area contributed by atoms with Gasteiger partial charge in [0, 0.05) is 66.8 Å². The number of nitrogens with two attached hydrogens (primary N) is 1. The smallest absolute Gasteiger partial charge is 0.261 e. The van der Waals surface area contributed by atoms with Crippen LogP contribution in [-0.2, 0) is 11.3 Å². The molecule has 11 nitrogen and oxygen atoms in total. The third-order valence-corrected chi connectivity index (χ3v) is 8.98. The van der Waals surface area contributed by atoms with Gasteiger partial charge in [-0.2, -0.15) is 0 Å². The van der Waals surface area contributed by atoms with Crippen molar-refractivity contribution in [2.45, 2.75) is 31.7 Å². The van der Waals surface area contributed by atoms with Crippen LogP contribution in [0, 0.1) is 11.7 Å². The zero-order chi connectivity index (χ0) is 33.1. The molecule has 0 spiro atoms. The lowest BCUT2D eigenvalue weighted by Crippen LogP contribution is -2.40. The Balaban J connectivity index is 1.26. The first-order chi connectivity index (χ1) is 22.7. The van der Waals surface area contributed by atoms with E-state index in [1.807, 2.05) is 4.57 Å². The maximum absolute atomic E-state index is 15.7. The van der Waals surface area contributed by atoms with Crippen molar-refractivity contribution in [1.82, 2.24) is 20.5 Å². The van der Waals surface area contributed by atoms with Crippen LogP contribution < -0.4 is 37.2 Å². The van der Waals surface area contributed by atoms with Gasteiger partial charge >= 0.3 is 0 Å². The number of pyridine rings is 1. The number of carbonyl (C=O) groups is 1. The summed E-state index contributed by atoms with van der Waals surface area (Å²) in [7, 11) is 1.46. The molecule has 1 amide bonds. The van der Waals surface area contributed by atoms with Gasteiger partial charge in [0.1, 0.15) is 23.7 Å². The van der Waals surface area contributed by atoms with Crippen LogP contribution in [0.4, 0.5) is 10.1 Å². The average molecular weight is 708 g/mol. The number of hydrogen-bond donors (Lipinski definition) is 6. The number of anilines is 1. The summed E-state index contributed by atoms with van der Waals surface area (Å²) in [6.45, 7) is 2.51. The predicted octanol–water partition coefficient (Wildman–Crippen LogP) is 4.12. The van der Waals surface area contributed by atoms with Gasteiger partial charge in [-0.1, -0.05) is 22.0 Å². The molecule has 3 aromatic rings. The van der Waals surface area contributed by atoms with E-state index in [4.69, 9.17) is 15.2 Å². The number of nitrogens with zero attached hydrogens (tertiary/aromatic N) is 1. The minimum atomic E-state index is -0.692. The van der Waals surface area contributed by atoms with Gasteiger partial charge in [-0.3, -0.25) is 14.9 Å². The molecule has 1 fully saturated rings. The van der Waals surface area contributed by atoms with E-state index in [9.17, 15) is 14.7 Å². The van der Waals surface area contributed by atoms with Crippen molar-refractivity contribution in [3.05, 3.63) is 110 Å². The van der Waals surface area contributed by atoms with Crippen LogP contribution in [0.3, 0.4) is 0 Å². The zero-order valence-corrected chi connectivity index (χ0v) is 27.3. The first-order valence-electron chi connectivity index (χ1n) is 15.3. The maximum Gasteiger partial charge on any atom is 0.261 e. The SMILES string of the molecule is COc1cc(C2=CNC(N)C(c3ccc(NC(=O)c4cn(CC5CCOCC5)cc(C5NC=C(Br)CN5)c4=O)cc3F)=C2)ccc1O. The van der Waals surface area contributed by atoms with E-state index in [2.05, 4.69) is 37.2 Å². The summed E-state index contributed by atoms with van der Waals surface area (Å²) in [6.07, 6.45) is 9.20. The van der Waals surface area contributed by atoms with Crippen LogP contribution in [0.15, 0.2) is 76.5 Å². The molecule has 0 bridgehead atoms. The number of phenols is 1. The Morgan fingerprint density at radius 2 is 1.98 bits per heavy atom. The van der Waals surface area contributed by atoms with E-state index in [-0.39, 0.29) is 22.6 Å². The van der Waals surface area contributed by atoms with Gasteiger partial charge in [0.2, 0.25) is 5.43 Å². The average Bonchev–Trinajstić information content (AvgIpc) is 3.07. The number of phenolic OH excluding ortho intramolecular Hbond substituents is 1. The summed E-state index contributed by atoms with van der Waals surface area (Å²) < 4.78 is 29.2. The molecule has 47 heavy (non-hydrogen) atoms. The number of rotatable bonds is 8. The largest absolute Gasteiger partial charge is 0.504 e. The number of benzene rings is 2. The molecule has 4 heterocycles. The Bertz CT molecular complexity index is 1830. The number of aromatic hydroxyl groups is 1. The minimum absolute atomic E-state index is 0.00268. The van der Waals surface area contributed by atoms with Crippen molar-refractivity contribution < 1.29 is 23.8 Å². The van der Waals surface area contributed by atoms with Gasteiger partial charge in [0.05, 0.1) is 12.7 Å². The number of ether oxygens (including phenoxy) is 2. The molecule has 1 saturated heterocycles. The van der Waals surface area contributed by atoms with Gasteiger partial charge < -0.3 is 40.8 Å². The molecule has 1 aromatic heterocycles. The molecule has 7 N–H and O–H groups in total. The van der Waals surface area contributed by atoms with Crippen LogP contribution in [0.2, 0.25) is 0 Å². The van der Waals surface area contributed by atoms with Gasteiger partial charge in [0.25, 0.3) is 5.91 Å². The number of nitrogens with one attached hydrogen (secondary N) is 4. The lowest BCUT2D eigenvalue weighted by Gasteiger charge is -2.26. The number of methoxy groups -OCH3 is 1. The first kappa shape index (κ1) is 32.5. The van der Waals surface area contributed by atoms with E-state index in [1.165, 1.54) is 19.2 Å². The molecule has 246 valence electrons. The summed E-state index contributed by atoms with van der Waals surface area (Å²) in [5.74, 6) is -0.590. The van der Waals surface area contributed by atoms with Crippen molar-refractivity contribution in [3.63, 3.8) is 0 Å². The molecular weight excluding hydrogens is 671 g/mol. The van der Waals surface area contributed by atoms with Crippen LogP contribution >= 0.6 is 15.9 Å². The monoisotopic (exact) mass is 706 g/mol. The Hall–Kier alpha value is -4.43. The Labute approximate surface area is 279 Å². The van der Waals surface area contributed by atoms with Crippen molar-refractivity contribution in [3.8, 4) is 11.5 Å². The van der Waals surface area contributed by atoms with Crippen molar-refractivity contribution in [2.24, 2.45) is 11.7 Å². The highest BCUT2D eigenvalue weighted by Gasteiger charge is 2.25.